The molecule has 2 aromatic rings. The van der Waals surface area contributed by atoms with Crippen LogP contribution in [0, 0.1) is 6.92 Å². The van der Waals surface area contributed by atoms with Crippen molar-refractivity contribution in [3.63, 3.8) is 0 Å². The SMILES string of the molecule is Cc1ccc(NC(=O)CN(C)C(C)c2ccc(Cl)cc2Cl)cc1S(=O)(=O)N(C)C. The van der Waals surface area contributed by atoms with E-state index in [-0.39, 0.29) is 23.4 Å². The van der Waals surface area contributed by atoms with E-state index in [1.54, 1.807) is 31.2 Å². The minimum atomic E-state index is -3.60. The highest BCUT2D eigenvalue weighted by Gasteiger charge is 2.21. The monoisotopic (exact) mass is 457 g/mol. The lowest BCUT2D eigenvalue weighted by Gasteiger charge is -2.25. The molecule has 0 saturated carbocycles. The molecule has 0 aliphatic rings. The van der Waals surface area contributed by atoms with Gasteiger partial charge in [-0.25, -0.2) is 12.7 Å². The quantitative estimate of drug-likeness (QED) is 0.676. The molecule has 0 heterocycles. The van der Waals surface area contributed by atoms with Crippen molar-refractivity contribution >= 4 is 44.8 Å². The highest BCUT2D eigenvalue weighted by atomic mass is 35.5. The first-order chi connectivity index (χ1) is 13.4. The van der Waals surface area contributed by atoms with Crippen molar-refractivity contribution in [1.82, 2.24) is 9.21 Å². The van der Waals surface area contributed by atoms with Gasteiger partial charge in [0.15, 0.2) is 0 Å². The zero-order valence-corrected chi connectivity index (χ0v) is 19.4. The zero-order valence-electron chi connectivity index (χ0n) is 17.0. The Hall–Kier alpha value is -1.64. The molecular formula is C20H25Cl2N3O3S. The van der Waals surface area contributed by atoms with E-state index in [9.17, 15) is 13.2 Å². The fourth-order valence-corrected chi connectivity index (χ4v) is 4.50. The van der Waals surface area contributed by atoms with Gasteiger partial charge in [-0.05, 0) is 56.3 Å². The summed E-state index contributed by atoms with van der Waals surface area (Å²) in [6.07, 6.45) is 0. The Kier molecular flexibility index (Phi) is 7.70. The molecule has 29 heavy (non-hydrogen) atoms. The van der Waals surface area contributed by atoms with Crippen molar-refractivity contribution in [2.75, 3.05) is 33.0 Å². The van der Waals surface area contributed by atoms with Crippen LogP contribution < -0.4 is 5.32 Å². The van der Waals surface area contributed by atoms with E-state index in [0.717, 1.165) is 9.87 Å². The normalized spacial score (nSPS) is 13.0. The highest BCUT2D eigenvalue weighted by Crippen LogP contribution is 2.29. The van der Waals surface area contributed by atoms with Crippen molar-refractivity contribution in [3.8, 4) is 0 Å². The first-order valence-electron chi connectivity index (χ1n) is 8.91. The molecule has 158 valence electrons. The Balaban J connectivity index is 2.13. The molecule has 0 aromatic heterocycles. The third-order valence-electron chi connectivity index (χ3n) is 4.70. The van der Waals surface area contributed by atoms with E-state index < -0.39 is 10.0 Å². The summed E-state index contributed by atoms with van der Waals surface area (Å²) < 4.78 is 26.1. The fraction of sp³-hybridized carbons (Fsp3) is 0.350. The van der Waals surface area contributed by atoms with Crippen LogP contribution in [-0.4, -0.2) is 51.2 Å². The topological polar surface area (TPSA) is 69.7 Å². The van der Waals surface area contributed by atoms with Gasteiger partial charge in [0.05, 0.1) is 11.4 Å². The van der Waals surface area contributed by atoms with Gasteiger partial charge in [-0.2, -0.15) is 0 Å². The van der Waals surface area contributed by atoms with Crippen molar-refractivity contribution in [3.05, 3.63) is 57.6 Å². The fourth-order valence-electron chi connectivity index (χ4n) is 2.79. The largest absolute Gasteiger partial charge is 0.325 e. The Morgan fingerprint density at radius 3 is 2.34 bits per heavy atom. The molecule has 1 atom stereocenters. The molecule has 1 N–H and O–H groups in total. The lowest BCUT2D eigenvalue weighted by atomic mass is 10.1. The summed E-state index contributed by atoms with van der Waals surface area (Å²) in [4.78, 5) is 14.5. The van der Waals surface area contributed by atoms with Crippen LogP contribution in [0.2, 0.25) is 10.0 Å². The Morgan fingerprint density at radius 2 is 1.76 bits per heavy atom. The molecule has 6 nitrogen and oxygen atoms in total. The molecule has 0 aliphatic heterocycles. The minimum absolute atomic E-state index is 0.101. The Bertz CT molecular complexity index is 1010. The molecule has 1 unspecified atom stereocenters. The second kappa shape index (κ2) is 9.45. The number of benzene rings is 2. The summed E-state index contributed by atoms with van der Waals surface area (Å²) in [5, 5.41) is 3.85. The van der Waals surface area contributed by atoms with Crippen molar-refractivity contribution in [1.29, 1.82) is 0 Å². The molecule has 2 rings (SSSR count). The number of aryl methyl sites for hydroxylation is 1. The van der Waals surface area contributed by atoms with Crippen LogP contribution in [0.1, 0.15) is 24.1 Å². The molecule has 0 radical (unpaired) electrons. The van der Waals surface area contributed by atoms with Crippen LogP contribution >= 0.6 is 23.2 Å². The molecule has 0 bridgehead atoms. The van der Waals surface area contributed by atoms with Gasteiger partial charge in [0, 0.05) is 35.9 Å². The zero-order chi connectivity index (χ0) is 21.9. The summed E-state index contributed by atoms with van der Waals surface area (Å²) in [7, 11) is 1.15. The van der Waals surface area contributed by atoms with Gasteiger partial charge < -0.3 is 5.32 Å². The number of hydrogen-bond donors (Lipinski definition) is 1. The van der Waals surface area contributed by atoms with Crippen molar-refractivity contribution in [2.24, 2.45) is 0 Å². The van der Waals surface area contributed by atoms with Crippen LogP contribution in [-0.2, 0) is 14.8 Å². The molecule has 9 heteroatoms. The molecule has 0 spiro atoms. The first kappa shape index (κ1) is 23.6. The number of rotatable bonds is 7. The lowest BCUT2D eigenvalue weighted by Crippen LogP contribution is -2.32. The second-order valence-electron chi connectivity index (χ2n) is 7.07. The standard InChI is InChI=1S/C20H25Cl2N3O3S/c1-13-6-8-16(11-19(13)29(27,28)24(3)4)23-20(26)12-25(5)14(2)17-9-7-15(21)10-18(17)22/h6-11,14H,12H2,1-5H3,(H,23,26). The van der Waals surface area contributed by atoms with Crippen LogP contribution in [0.15, 0.2) is 41.3 Å². The third kappa shape index (κ3) is 5.71. The van der Waals surface area contributed by atoms with Crippen LogP contribution in [0.25, 0.3) is 0 Å². The molecule has 2 aromatic carbocycles. The Morgan fingerprint density at radius 1 is 1.10 bits per heavy atom. The van der Waals surface area contributed by atoms with Gasteiger partial charge in [0.1, 0.15) is 0 Å². The van der Waals surface area contributed by atoms with E-state index in [2.05, 4.69) is 5.32 Å². The van der Waals surface area contributed by atoms with Crippen LogP contribution in [0.3, 0.4) is 0 Å². The van der Waals surface area contributed by atoms with Gasteiger partial charge in [-0.1, -0.05) is 35.3 Å². The number of halogens is 2. The third-order valence-corrected chi connectivity index (χ3v) is 7.22. The molecule has 0 aliphatic carbocycles. The van der Waals surface area contributed by atoms with Crippen LogP contribution in [0.4, 0.5) is 5.69 Å². The average Bonchev–Trinajstić information content (AvgIpc) is 2.62. The highest BCUT2D eigenvalue weighted by molar-refractivity contribution is 7.89. The number of hydrogen-bond acceptors (Lipinski definition) is 4. The average molecular weight is 458 g/mol. The summed E-state index contributed by atoms with van der Waals surface area (Å²) >= 11 is 12.2. The van der Waals surface area contributed by atoms with Gasteiger partial charge in [-0.15, -0.1) is 0 Å². The molecule has 0 fully saturated rings. The number of likely N-dealkylation sites (N-methyl/N-ethyl adjacent to an activating group) is 1. The maximum Gasteiger partial charge on any atom is 0.242 e. The van der Waals surface area contributed by atoms with E-state index in [1.807, 2.05) is 24.9 Å². The predicted octanol–water partition coefficient (Wildman–Crippen LogP) is 4.18. The van der Waals surface area contributed by atoms with Gasteiger partial charge in [0.2, 0.25) is 15.9 Å². The Labute approximate surface area is 182 Å². The van der Waals surface area contributed by atoms with Gasteiger partial charge >= 0.3 is 0 Å². The number of nitrogens with zero attached hydrogens (tertiary/aromatic N) is 2. The summed E-state index contributed by atoms with van der Waals surface area (Å²) in [6.45, 7) is 3.76. The van der Waals surface area contributed by atoms with Gasteiger partial charge in [0.25, 0.3) is 0 Å². The molecular weight excluding hydrogens is 433 g/mol. The summed E-state index contributed by atoms with van der Waals surface area (Å²) in [6, 6.07) is 9.97. The lowest BCUT2D eigenvalue weighted by molar-refractivity contribution is -0.117. The number of amides is 1. The number of nitrogens with one attached hydrogen (secondary N) is 1. The maximum absolute atomic E-state index is 12.5. The summed E-state index contributed by atoms with van der Waals surface area (Å²) in [5.74, 6) is -0.263. The summed E-state index contributed by atoms with van der Waals surface area (Å²) in [5.41, 5.74) is 1.90. The van der Waals surface area contributed by atoms with Crippen LogP contribution in [0.5, 0.6) is 0 Å². The number of sulfonamides is 1. The minimum Gasteiger partial charge on any atom is -0.325 e. The van der Waals surface area contributed by atoms with E-state index in [0.29, 0.717) is 21.3 Å². The van der Waals surface area contributed by atoms with E-state index in [4.69, 9.17) is 23.2 Å². The second-order valence-corrected chi connectivity index (χ2v) is 10.0. The van der Waals surface area contributed by atoms with Crippen molar-refractivity contribution < 1.29 is 13.2 Å². The predicted molar refractivity (Wildman–Crippen MR) is 118 cm³/mol. The van der Waals surface area contributed by atoms with Crippen molar-refractivity contribution in [2.45, 2.75) is 24.8 Å². The number of anilines is 1. The first-order valence-corrected chi connectivity index (χ1v) is 11.1. The van der Waals surface area contributed by atoms with E-state index in [1.165, 1.54) is 20.2 Å². The number of carbonyl (C=O) groups excluding carboxylic acids is 1. The number of carbonyl (C=O) groups is 1. The maximum atomic E-state index is 12.5. The van der Waals surface area contributed by atoms with E-state index >= 15 is 0 Å². The molecule has 1 amide bonds. The van der Waals surface area contributed by atoms with Gasteiger partial charge in [-0.3, -0.25) is 9.69 Å². The molecule has 0 saturated heterocycles. The smallest absolute Gasteiger partial charge is 0.242 e.